The quantitative estimate of drug-likeness (QED) is 0.775. The Hall–Kier alpha value is -0.670. The monoisotopic (exact) mass is 252 g/mol. The average Bonchev–Trinajstić information content (AvgIpc) is 2.90. The third-order valence-electron chi connectivity index (χ3n) is 4.13. The van der Waals surface area contributed by atoms with Gasteiger partial charge in [0.1, 0.15) is 11.0 Å². The van der Waals surface area contributed by atoms with Gasteiger partial charge in [0.2, 0.25) is 0 Å². The molecule has 2 aliphatic carbocycles. The summed E-state index contributed by atoms with van der Waals surface area (Å²) in [5, 5.41) is 0.546. The van der Waals surface area contributed by atoms with Gasteiger partial charge in [0.25, 0.3) is 0 Å². The minimum absolute atomic E-state index is 0.510. The number of aromatic nitrogens is 2. The van der Waals surface area contributed by atoms with Crippen LogP contribution in [0.15, 0.2) is 6.07 Å². The van der Waals surface area contributed by atoms with Gasteiger partial charge in [-0.25, -0.2) is 9.97 Å². The lowest BCUT2D eigenvalue weighted by Gasteiger charge is -2.20. The number of methoxy groups -OCH3 is 1. The van der Waals surface area contributed by atoms with Crippen molar-refractivity contribution in [3.05, 3.63) is 22.7 Å². The summed E-state index contributed by atoms with van der Waals surface area (Å²) < 4.78 is 5.11. The Kier molecular flexibility index (Phi) is 3.05. The van der Waals surface area contributed by atoms with Gasteiger partial charge < -0.3 is 4.74 Å². The molecule has 2 aliphatic rings. The number of fused-ring (bicyclic) bond motifs is 2. The van der Waals surface area contributed by atoms with E-state index in [0.29, 0.717) is 17.7 Å². The van der Waals surface area contributed by atoms with Crippen LogP contribution in [0.5, 0.6) is 0 Å². The van der Waals surface area contributed by atoms with E-state index >= 15 is 0 Å². The van der Waals surface area contributed by atoms with Crippen molar-refractivity contribution in [1.82, 2.24) is 9.97 Å². The molecule has 0 spiro atoms. The fraction of sp³-hybridized carbons (Fsp3) is 0.692. The van der Waals surface area contributed by atoms with Crippen molar-refractivity contribution in [2.75, 3.05) is 7.11 Å². The van der Waals surface area contributed by atoms with Gasteiger partial charge in [-0.3, -0.25) is 0 Å². The predicted molar refractivity (Wildman–Crippen MR) is 65.9 cm³/mol. The maximum Gasteiger partial charge on any atom is 0.133 e. The first kappa shape index (κ1) is 11.4. The van der Waals surface area contributed by atoms with Gasteiger partial charge >= 0.3 is 0 Å². The van der Waals surface area contributed by atoms with Crippen LogP contribution in [0, 0.1) is 11.8 Å². The summed E-state index contributed by atoms with van der Waals surface area (Å²) in [4.78, 5) is 9.02. The summed E-state index contributed by atoms with van der Waals surface area (Å²) >= 11 is 6.06. The molecule has 2 bridgehead atoms. The zero-order chi connectivity index (χ0) is 11.8. The van der Waals surface area contributed by atoms with Gasteiger partial charge in [0.05, 0.1) is 12.3 Å². The molecule has 0 saturated heterocycles. The van der Waals surface area contributed by atoms with E-state index in [4.69, 9.17) is 16.3 Å². The van der Waals surface area contributed by atoms with Gasteiger partial charge in [-0.2, -0.15) is 0 Å². The molecule has 17 heavy (non-hydrogen) atoms. The van der Waals surface area contributed by atoms with Crippen LogP contribution in [0.3, 0.4) is 0 Å². The third-order valence-corrected chi connectivity index (χ3v) is 4.32. The number of nitrogens with zero attached hydrogens (tertiary/aromatic N) is 2. The highest BCUT2D eigenvalue weighted by atomic mass is 35.5. The highest BCUT2D eigenvalue weighted by molar-refractivity contribution is 6.29. The second-order valence-electron chi connectivity index (χ2n) is 5.25. The van der Waals surface area contributed by atoms with Gasteiger partial charge in [0, 0.05) is 13.0 Å². The molecule has 1 aromatic heterocycles. The Bertz CT molecular complexity index is 424. The van der Waals surface area contributed by atoms with Crippen LogP contribution < -0.4 is 0 Å². The minimum Gasteiger partial charge on any atom is -0.378 e. The van der Waals surface area contributed by atoms with Crippen LogP contribution in [-0.2, 0) is 11.3 Å². The third kappa shape index (κ3) is 2.18. The number of hydrogen-bond acceptors (Lipinski definition) is 3. The van der Waals surface area contributed by atoms with E-state index in [-0.39, 0.29) is 0 Å². The molecule has 0 amide bonds. The summed E-state index contributed by atoms with van der Waals surface area (Å²) in [6.45, 7) is 0.510. The van der Waals surface area contributed by atoms with E-state index in [9.17, 15) is 0 Å². The Labute approximate surface area is 107 Å². The van der Waals surface area contributed by atoms with Crippen LogP contribution in [0.4, 0.5) is 0 Å². The van der Waals surface area contributed by atoms with Crippen molar-refractivity contribution in [1.29, 1.82) is 0 Å². The van der Waals surface area contributed by atoms with E-state index in [1.54, 1.807) is 13.2 Å². The van der Waals surface area contributed by atoms with Gasteiger partial charge in [0.15, 0.2) is 0 Å². The van der Waals surface area contributed by atoms with E-state index < -0.39 is 0 Å². The highest BCUT2D eigenvalue weighted by Gasteiger charge is 2.41. The molecule has 4 heteroatoms. The zero-order valence-corrected chi connectivity index (χ0v) is 10.8. The first-order valence-corrected chi connectivity index (χ1v) is 6.66. The Morgan fingerprint density at radius 3 is 2.88 bits per heavy atom. The van der Waals surface area contributed by atoms with E-state index in [1.165, 1.54) is 25.7 Å². The van der Waals surface area contributed by atoms with Crippen molar-refractivity contribution in [3.63, 3.8) is 0 Å². The summed E-state index contributed by atoms with van der Waals surface area (Å²) in [5.74, 6) is 3.16. The van der Waals surface area contributed by atoms with Gasteiger partial charge in [-0.1, -0.05) is 18.0 Å². The summed E-state index contributed by atoms with van der Waals surface area (Å²) in [6, 6.07) is 1.79. The summed E-state index contributed by atoms with van der Waals surface area (Å²) in [5.41, 5.74) is 0.894. The molecule has 3 nitrogen and oxygen atoms in total. The molecule has 0 aliphatic heterocycles. The average molecular weight is 253 g/mol. The van der Waals surface area contributed by atoms with Crippen LogP contribution in [0.2, 0.25) is 5.15 Å². The molecule has 92 valence electrons. The number of hydrogen-bond donors (Lipinski definition) is 0. The van der Waals surface area contributed by atoms with Crippen molar-refractivity contribution in [3.8, 4) is 0 Å². The molecule has 3 atom stereocenters. The summed E-state index contributed by atoms with van der Waals surface area (Å²) in [7, 11) is 1.67. The van der Waals surface area contributed by atoms with E-state index in [1.807, 2.05) is 0 Å². The van der Waals surface area contributed by atoms with Crippen molar-refractivity contribution < 1.29 is 4.74 Å². The maximum atomic E-state index is 6.06. The SMILES string of the molecule is COCc1cc(Cl)nc(C2CC3CCC2C3)n1. The zero-order valence-electron chi connectivity index (χ0n) is 10.0. The van der Waals surface area contributed by atoms with Crippen molar-refractivity contribution in [2.24, 2.45) is 11.8 Å². The molecule has 2 saturated carbocycles. The Morgan fingerprint density at radius 1 is 1.35 bits per heavy atom. The molecular formula is C13H17ClN2O. The van der Waals surface area contributed by atoms with Gasteiger partial charge in [-0.05, 0) is 37.2 Å². The molecule has 0 N–H and O–H groups in total. The van der Waals surface area contributed by atoms with Crippen molar-refractivity contribution in [2.45, 2.75) is 38.2 Å². The fourth-order valence-electron chi connectivity index (χ4n) is 3.43. The molecule has 3 rings (SSSR count). The van der Waals surface area contributed by atoms with Crippen LogP contribution in [-0.4, -0.2) is 17.1 Å². The Morgan fingerprint density at radius 2 is 2.24 bits per heavy atom. The van der Waals surface area contributed by atoms with E-state index in [2.05, 4.69) is 9.97 Å². The van der Waals surface area contributed by atoms with Crippen LogP contribution in [0.25, 0.3) is 0 Å². The molecule has 0 aromatic carbocycles. The second kappa shape index (κ2) is 4.54. The number of halogens is 1. The molecule has 3 unspecified atom stereocenters. The van der Waals surface area contributed by atoms with Crippen LogP contribution in [0.1, 0.15) is 43.1 Å². The van der Waals surface area contributed by atoms with Crippen LogP contribution >= 0.6 is 11.6 Å². The first-order chi connectivity index (χ1) is 8.26. The van der Waals surface area contributed by atoms with Crippen molar-refractivity contribution >= 4 is 11.6 Å². The number of ether oxygens (including phenoxy) is 1. The Balaban J connectivity index is 1.87. The largest absolute Gasteiger partial charge is 0.378 e. The predicted octanol–water partition coefficient (Wildman–Crippen LogP) is 3.18. The lowest BCUT2D eigenvalue weighted by Crippen LogP contribution is -2.13. The molecule has 1 heterocycles. The van der Waals surface area contributed by atoms with Gasteiger partial charge in [-0.15, -0.1) is 0 Å². The molecule has 1 aromatic rings. The minimum atomic E-state index is 0.510. The fourth-order valence-corrected chi connectivity index (χ4v) is 3.64. The first-order valence-electron chi connectivity index (χ1n) is 6.28. The summed E-state index contributed by atoms with van der Waals surface area (Å²) in [6.07, 6.45) is 5.34. The van der Waals surface area contributed by atoms with E-state index in [0.717, 1.165) is 23.4 Å². The molecular weight excluding hydrogens is 236 g/mol. The normalized spacial score (nSPS) is 31.1. The lowest BCUT2D eigenvalue weighted by atomic mass is 9.88. The number of rotatable bonds is 3. The smallest absolute Gasteiger partial charge is 0.133 e. The standard InChI is InChI=1S/C13H17ClN2O/c1-17-7-10-6-12(14)16-13(15-10)11-5-8-2-3-9(11)4-8/h6,8-9,11H,2-5,7H2,1H3. The highest BCUT2D eigenvalue weighted by Crippen LogP contribution is 2.52. The molecule has 0 radical (unpaired) electrons. The lowest BCUT2D eigenvalue weighted by molar-refractivity contribution is 0.181. The topological polar surface area (TPSA) is 35.0 Å². The second-order valence-corrected chi connectivity index (χ2v) is 5.64. The molecule has 2 fully saturated rings. The maximum absolute atomic E-state index is 6.06.